The Hall–Kier alpha value is -1.13. The molecule has 1 aromatic heterocycles. The lowest BCUT2D eigenvalue weighted by atomic mass is 9.76. The van der Waals surface area contributed by atoms with Gasteiger partial charge in [-0.2, -0.15) is 0 Å². The molecule has 0 radical (unpaired) electrons. The monoisotopic (exact) mass is 294 g/mol. The number of halogens is 1. The van der Waals surface area contributed by atoms with E-state index in [4.69, 9.17) is 16.3 Å². The van der Waals surface area contributed by atoms with Crippen LogP contribution in [0, 0.1) is 5.92 Å². The molecule has 0 saturated carbocycles. The number of pyridine rings is 1. The van der Waals surface area contributed by atoms with Crippen molar-refractivity contribution in [3.8, 4) is 0 Å². The fourth-order valence-corrected chi connectivity index (χ4v) is 3.99. The second-order valence-electron chi connectivity index (χ2n) is 5.77. The zero-order valence-corrected chi connectivity index (χ0v) is 12.5. The Morgan fingerprint density at radius 3 is 2.90 bits per heavy atom. The van der Waals surface area contributed by atoms with Gasteiger partial charge in [0, 0.05) is 24.2 Å². The van der Waals surface area contributed by atoms with Crippen molar-refractivity contribution in [2.45, 2.75) is 37.3 Å². The van der Waals surface area contributed by atoms with Gasteiger partial charge >= 0.3 is 5.97 Å². The maximum absolute atomic E-state index is 12.3. The first-order valence-corrected chi connectivity index (χ1v) is 7.41. The van der Waals surface area contributed by atoms with Crippen LogP contribution >= 0.6 is 11.6 Å². The predicted octanol–water partition coefficient (Wildman–Crippen LogP) is 2.47. The molecule has 20 heavy (non-hydrogen) atoms. The number of fused-ring (bicyclic) bond motifs is 2. The van der Waals surface area contributed by atoms with Gasteiger partial charge in [-0.25, -0.2) is 4.98 Å². The first-order chi connectivity index (χ1) is 9.61. The average Bonchev–Trinajstić information content (AvgIpc) is 2.70. The highest BCUT2D eigenvalue weighted by atomic mass is 35.5. The van der Waals surface area contributed by atoms with Crippen molar-refractivity contribution >= 4 is 17.6 Å². The number of methoxy groups -OCH3 is 1. The standard InChI is InChI=1S/C15H19ClN2O2/c1-18-10-4-5-12(18)14(15(19)20-2)11(7-10)9-3-6-13(16)17-8-9/h3,6,8,10-12,14H,4-5,7H2,1-2H3/t10-,11?,12?,14+/m1/s1. The van der Waals surface area contributed by atoms with Crippen LogP contribution in [0.5, 0.6) is 0 Å². The van der Waals surface area contributed by atoms with Gasteiger partial charge in [-0.15, -0.1) is 0 Å². The highest BCUT2D eigenvalue weighted by Gasteiger charge is 2.49. The van der Waals surface area contributed by atoms with E-state index in [9.17, 15) is 4.79 Å². The second-order valence-corrected chi connectivity index (χ2v) is 6.16. The van der Waals surface area contributed by atoms with Gasteiger partial charge in [0.2, 0.25) is 0 Å². The lowest BCUT2D eigenvalue weighted by Gasteiger charge is -2.41. The number of nitrogens with zero attached hydrogens (tertiary/aromatic N) is 2. The van der Waals surface area contributed by atoms with Crippen molar-refractivity contribution in [3.05, 3.63) is 29.0 Å². The van der Waals surface area contributed by atoms with E-state index in [1.165, 1.54) is 7.11 Å². The summed E-state index contributed by atoms with van der Waals surface area (Å²) in [6, 6.07) is 4.62. The zero-order valence-electron chi connectivity index (χ0n) is 11.8. The molecular formula is C15H19ClN2O2. The summed E-state index contributed by atoms with van der Waals surface area (Å²) in [7, 11) is 3.59. The van der Waals surface area contributed by atoms with Crippen LogP contribution in [-0.2, 0) is 9.53 Å². The number of hydrogen-bond acceptors (Lipinski definition) is 4. The van der Waals surface area contributed by atoms with Gasteiger partial charge in [-0.1, -0.05) is 17.7 Å². The SMILES string of the molecule is COC(=O)[C@H]1C(c2ccc(Cl)nc2)C[C@H]2CCC1N2C. The van der Waals surface area contributed by atoms with E-state index in [1.54, 1.807) is 12.3 Å². The van der Waals surface area contributed by atoms with Gasteiger partial charge in [0.1, 0.15) is 5.15 Å². The van der Waals surface area contributed by atoms with Crippen molar-refractivity contribution in [2.75, 3.05) is 14.2 Å². The fourth-order valence-electron chi connectivity index (χ4n) is 3.87. The number of piperidine rings is 1. The molecule has 5 heteroatoms. The van der Waals surface area contributed by atoms with Crippen molar-refractivity contribution in [3.63, 3.8) is 0 Å². The third-order valence-electron chi connectivity index (χ3n) is 4.92. The molecule has 0 aliphatic carbocycles. The summed E-state index contributed by atoms with van der Waals surface area (Å²) in [4.78, 5) is 18.8. The van der Waals surface area contributed by atoms with Crippen LogP contribution in [-0.4, -0.2) is 42.1 Å². The molecule has 3 rings (SSSR count). The van der Waals surface area contributed by atoms with Gasteiger partial charge in [-0.05, 0) is 37.9 Å². The molecule has 1 aromatic rings. The summed E-state index contributed by atoms with van der Waals surface area (Å²) in [5.74, 6) is -0.0326. The normalized spacial score (nSPS) is 33.1. The molecule has 3 heterocycles. The summed E-state index contributed by atoms with van der Waals surface area (Å²) in [5, 5.41) is 0.485. The number of aromatic nitrogens is 1. The van der Waals surface area contributed by atoms with Gasteiger partial charge in [0.25, 0.3) is 0 Å². The largest absolute Gasteiger partial charge is 0.469 e. The van der Waals surface area contributed by atoms with Gasteiger partial charge < -0.3 is 4.74 Å². The quantitative estimate of drug-likeness (QED) is 0.621. The first kappa shape index (κ1) is 13.8. The minimum atomic E-state index is -0.109. The Bertz CT molecular complexity index is 505. The molecule has 0 amide bonds. The van der Waals surface area contributed by atoms with Crippen LogP contribution in [0.4, 0.5) is 0 Å². The number of hydrogen-bond donors (Lipinski definition) is 0. The van der Waals surface area contributed by atoms with Gasteiger partial charge in [0.15, 0.2) is 0 Å². The average molecular weight is 295 g/mol. The summed E-state index contributed by atoms with van der Waals surface area (Å²) >= 11 is 5.86. The minimum Gasteiger partial charge on any atom is -0.469 e. The molecule has 2 fully saturated rings. The van der Waals surface area contributed by atoms with Crippen molar-refractivity contribution in [1.29, 1.82) is 0 Å². The highest BCUT2D eigenvalue weighted by Crippen LogP contribution is 2.46. The Morgan fingerprint density at radius 2 is 2.25 bits per heavy atom. The van der Waals surface area contributed by atoms with E-state index in [0.717, 1.165) is 24.8 Å². The van der Waals surface area contributed by atoms with Gasteiger partial charge in [0.05, 0.1) is 13.0 Å². The molecule has 2 aliphatic rings. The smallest absolute Gasteiger partial charge is 0.310 e. The Balaban J connectivity index is 1.95. The van der Waals surface area contributed by atoms with E-state index in [2.05, 4.69) is 16.9 Å². The molecule has 2 saturated heterocycles. The molecule has 2 bridgehead atoms. The Morgan fingerprint density at radius 1 is 1.45 bits per heavy atom. The van der Waals surface area contributed by atoms with Crippen molar-refractivity contribution < 1.29 is 9.53 Å². The van der Waals surface area contributed by atoms with E-state index in [1.807, 2.05) is 6.07 Å². The number of esters is 1. The summed E-state index contributed by atoms with van der Waals surface area (Å²) in [6.07, 6.45) is 5.01. The Labute approximate surface area is 124 Å². The van der Waals surface area contributed by atoms with Crippen LogP contribution in [0.2, 0.25) is 5.15 Å². The lowest BCUT2D eigenvalue weighted by molar-refractivity contribution is -0.150. The number of rotatable bonds is 2. The van der Waals surface area contributed by atoms with Crippen LogP contribution in [0.3, 0.4) is 0 Å². The summed E-state index contributed by atoms with van der Waals surface area (Å²) in [5.41, 5.74) is 1.09. The third kappa shape index (κ3) is 2.21. The zero-order chi connectivity index (χ0) is 14.3. The molecular weight excluding hydrogens is 276 g/mol. The van der Waals surface area contributed by atoms with Crippen molar-refractivity contribution in [2.24, 2.45) is 5.92 Å². The van der Waals surface area contributed by atoms with Gasteiger partial charge in [-0.3, -0.25) is 9.69 Å². The van der Waals surface area contributed by atoms with Crippen LogP contribution in [0.25, 0.3) is 0 Å². The minimum absolute atomic E-state index is 0.105. The maximum Gasteiger partial charge on any atom is 0.310 e. The summed E-state index contributed by atoms with van der Waals surface area (Å²) < 4.78 is 5.05. The lowest BCUT2D eigenvalue weighted by Crippen LogP contribution is -2.49. The topological polar surface area (TPSA) is 42.4 Å². The maximum atomic E-state index is 12.3. The predicted molar refractivity (Wildman–Crippen MR) is 76.7 cm³/mol. The summed E-state index contributed by atoms with van der Waals surface area (Å²) in [6.45, 7) is 0. The van der Waals surface area contributed by atoms with E-state index >= 15 is 0 Å². The third-order valence-corrected chi connectivity index (χ3v) is 5.14. The molecule has 2 unspecified atom stereocenters. The second kappa shape index (κ2) is 5.34. The van der Waals surface area contributed by atoms with Crippen LogP contribution in [0.15, 0.2) is 18.3 Å². The molecule has 0 N–H and O–H groups in total. The van der Waals surface area contributed by atoms with Crippen LogP contribution in [0.1, 0.15) is 30.7 Å². The van der Waals surface area contributed by atoms with Crippen molar-refractivity contribution in [1.82, 2.24) is 9.88 Å². The molecule has 108 valence electrons. The van der Waals surface area contributed by atoms with E-state index in [0.29, 0.717) is 11.2 Å². The molecule has 0 aromatic carbocycles. The molecule has 4 atom stereocenters. The molecule has 4 nitrogen and oxygen atoms in total. The number of ether oxygens (including phenoxy) is 1. The van der Waals surface area contributed by atoms with E-state index < -0.39 is 0 Å². The number of carbonyl (C=O) groups excluding carboxylic acids is 1. The number of carbonyl (C=O) groups is 1. The highest BCUT2D eigenvalue weighted by molar-refractivity contribution is 6.29. The van der Waals surface area contributed by atoms with E-state index in [-0.39, 0.29) is 23.8 Å². The van der Waals surface area contributed by atoms with Crippen LogP contribution < -0.4 is 0 Å². The molecule has 0 spiro atoms. The first-order valence-electron chi connectivity index (χ1n) is 7.03. The fraction of sp³-hybridized carbons (Fsp3) is 0.600. The molecule has 2 aliphatic heterocycles. The Kier molecular flexibility index (Phi) is 3.69.